The summed E-state index contributed by atoms with van der Waals surface area (Å²) in [6.45, 7) is 11.1. The number of benzene rings is 1. The van der Waals surface area contributed by atoms with Crippen LogP contribution in [0.4, 0.5) is 11.5 Å². The molecule has 0 radical (unpaired) electrons. The second kappa shape index (κ2) is 9.53. The first-order valence-corrected chi connectivity index (χ1v) is 11.3. The quantitative estimate of drug-likeness (QED) is 0.570. The topological polar surface area (TPSA) is 83.7 Å². The van der Waals surface area contributed by atoms with Crippen molar-refractivity contribution in [2.24, 2.45) is 0 Å². The van der Waals surface area contributed by atoms with Gasteiger partial charge in [-0.05, 0) is 73.6 Å². The molecule has 0 unspecified atom stereocenters. The van der Waals surface area contributed by atoms with E-state index >= 15 is 0 Å². The normalized spacial score (nSPS) is 16.6. The number of nitrogens with zero attached hydrogens (tertiary/aromatic N) is 4. The van der Waals surface area contributed by atoms with Gasteiger partial charge in [0, 0.05) is 25.3 Å². The first-order valence-electron chi connectivity index (χ1n) is 11.3. The standard InChI is InChI=1S/C25H26N6O2/c1-26-19-2-4-22-21(14-19)17(6-10-27-22)7-11-31-12-8-18(9-13-31)28-15-20-3-5-23-25(29-20)30-24(32)16-33-23/h2-6,10,14,18,28H,7-9,11-13,15-16H2,(H,29,30,32). The van der Waals surface area contributed by atoms with Crippen LogP contribution in [0.3, 0.4) is 0 Å². The Balaban J connectivity index is 1.11. The molecule has 0 saturated carbocycles. The zero-order chi connectivity index (χ0) is 22.6. The fraction of sp³-hybridized carbons (Fsp3) is 0.360. The average Bonchev–Trinajstić information content (AvgIpc) is 2.86. The molecule has 0 bridgehead atoms. The third kappa shape index (κ3) is 4.95. The highest BCUT2D eigenvalue weighted by Gasteiger charge is 2.20. The first-order chi connectivity index (χ1) is 16.2. The molecule has 2 N–H and O–H groups in total. The summed E-state index contributed by atoms with van der Waals surface area (Å²) in [5.41, 5.74) is 3.75. The third-order valence-electron chi connectivity index (χ3n) is 6.33. The molecular formula is C25H26N6O2. The van der Waals surface area contributed by atoms with Crippen LogP contribution >= 0.6 is 0 Å². The van der Waals surface area contributed by atoms with Crippen molar-refractivity contribution in [2.75, 3.05) is 31.6 Å². The molecule has 1 fully saturated rings. The summed E-state index contributed by atoms with van der Waals surface area (Å²) in [5.74, 6) is 0.963. The molecule has 4 heterocycles. The smallest absolute Gasteiger partial charge is 0.263 e. The molecule has 3 aromatic rings. The number of nitrogens with one attached hydrogen (secondary N) is 2. The Morgan fingerprint density at radius 3 is 2.94 bits per heavy atom. The fourth-order valence-electron chi connectivity index (χ4n) is 4.47. The van der Waals surface area contributed by atoms with Crippen LogP contribution in [0.5, 0.6) is 5.75 Å². The third-order valence-corrected chi connectivity index (χ3v) is 6.33. The number of ether oxygens (including phenoxy) is 1. The Morgan fingerprint density at radius 2 is 2.09 bits per heavy atom. The van der Waals surface area contributed by atoms with Crippen molar-refractivity contribution in [1.82, 2.24) is 20.2 Å². The second-order valence-electron chi connectivity index (χ2n) is 8.52. The van der Waals surface area contributed by atoms with E-state index in [0.29, 0.717) is 29.8 Å². The molecule has 0 spiro atoms. The highest BCUT2D eigenvalue weighted by Crippen LogP contribution is 2.26. The van der Waals surface area contributed by atoms with E-state index < -0.39 is 0 Å². The minimum atomic E-state index is -0.168. The first kappa shape index (κ1) is 21.3. The van der Waals surface area contributed by atoms with Crippen molar-refractivity contribution in [1.29, 1.82) is 0 Å². The number of fused-ring (bicyclic) bond motifs is 2. The van der Waals surface area contributed by atoms with Gasteiger partial charge in [-0.1, -0.05) is 6.07 Å². The lowest BCUT2D eigenvalue weighted by Gasteiger charge is -2.32. The average molecular weight is 443 g/mol. The van der Waals surface area contributed by atoms with Crippen molar-refractivity contribution in [3.63, 3.8) is 0 Å². The maximum atomic E-state index is 11.5. The van der Waals surface area contributed by atoms with Gasteiger partial charge in [0.2, 0.25) is 0 Å². The van der Waals surface area contributed by atoms with E-state index in [4.69, 9.17) is 11.3 Å². The molecule has 2 aromatic heterocycles. The Labute approximate surface area is 192 Å². The van der Waals surface area contributed by atoms with Crippen LogP contribution in [-0.4, -0.2) is 53.1 Å². The molecule has 2 aliphatic rings. The van der Waals surface area contributed by atoms with Gasteiger partial charge in [-0.2, -0.15) is 0 Å². The van der Waals surface area contributed by atoms with Crippen LogP contribution in [-0.2, 0) is 17.8 Å². The Morgan fingerprint density at radius 1 is 1.21 bits per heavy atom. The zero-order valence-corrected chi connectivity index (χ0v) is 18.4. The molecule has 168 valence electrons. The van der Waals surface area contributed by atoms with Crippen molar-refractivity contribution in [3.8, 4) is 5.75 Å². The number of pyridine rings is 2. The SMILES string of the molecule is [C-]#[N+]c1ccc2nccc(CCN3CCC(NCc4ccc5c(n4)NC(=O)CO5)CC3)c2c1. The summed E-state index contributed by atoms with van der Waals surface area (Å²) in [5, 5.41) is 7.45. The van der Waals surface area contributed by atoms with Crippen molar-refractivity contribution in [2.45, 2.75) is 31.8 Å². The fourth-order valence-corrected chi connectivity index (χ4v) is 4.47. The summed E-state index contributed by atoms with van der Waals surface area (Å²) >= 11 is 0. The second-order valence-corrected chi connectivity index (χ2v) is 8.52. The van der Waals surface area contributed by atoms with E-state index in [0.717, 1.165) is 55.5 Å². The number of aromatic nitrogens is 2. The number of anilines is 1. The van der Waals surface area contributed by atoms with E-state index in [2.05, 4.69) is 36.4 Å². The predicted octanol–water partition coefficient (Wildman–Crippen LogP) is 3.31. The summed E-state index contributed by atoms with van der Waals surface area (Å²) in [6.07, 6.45) is 4.98. The monoisotopic (exact) mass is 442 g/mol. The van der Waals surface area contributed by atoms with Gasteiger partial charge in [0.05, 0.1) is 17.8 Å². The molecule has 1 aromatic carbocycles. The van der Waals surface area contributed by atoms with Gasteiger partial charge in [0.1, 0.15) is 0 Å². The summed E-state index contributed by atoms with van der Waals surface area (Å²) in [6, 6.07) is 12.0. The number of carbonyl (C=O) groups is 1. The largest absolute Gasteiger partial charge is 0.480 e. The van der Waals surface area contributed by atoms with Crippen LogP contribution in [0, 0.1) is 6.57 Å². The number of carbonyl (C=O) groups excluding carboxylic acids is 1. The van der Waals surface area contributed by atoms with Crippen molar-refractivity contribution < 1.29 is 9.53 Å². The zero-order valence-electron chi connectivity index (χ0n) is 18.4. The predicted molar refractivity (Wildman–Crippen MR) is 126 cm³/mol. The van der Waals surface area contributed by atoms with Gasteiger partial charge < -0.3 is 20.3 Å². The van der Waals surface area contributed by atoms with Crippen molar-refractivity contribution >= 4 is 28.3 Å². The summed E-state index contributed by atoms with van der Waals surface area (Å²) < 4.78 is 5.37. The lowest BCUT2D eigenvalue weighted by Crippen LogP contribution is -2.43. The Hall–Kier alpha value is -3.54. The van der Waals surface area contributed by atoms with Crippen molar-refractivity contribution in [3.05, 3.63) is 65.3 Å². The highest BCUT2D eigenvalue weighted by atomic mass is 16.5. The van der Waals surface area contributed by atoms with E-state index in [1.54, 1.807) is 0 Å². The highest BCUT2D eigenvalue weighted by molar-refractivity contribution is 5.94. The molecule has 5 rings (SSSR count). The molecule has 0 aliphatic carbocycles. The molecule has 1 amide bonds. The van der Waals surface area contributed by atoms with E-state index in [-0.39, 0.29) is 12.5 Å². The van der Waals surface area contributed by atoms with Crippen LogP contribution in [0.1, 0.15) is 24.1 Å². The molecule has 2 aliphatic heterocycles. The minimum absolute atomic E-state index is 0.0459. The lowest BCUT2D eigenvalue weighted by molar-refractivity contribution is -0.118. The number of hydrogen-bond donors (Lipinski definition) is 2. The molecular weight excluding hydrogens is 416 g/mol. The lowest BCUT2D eigenvalue weighted by atomic mass is 10.0. The van der Waals surface area contributed by atoms with Gasteiger partial charge >= 0.3 is 0 Å². The van der Waals surface area contributed by atoms with E-state index in [1.165, 1.54) is 5.56 Å². The van der Waals surface area contributed by atoms with E-state index in [9.17, 15) is 4.79 Å². The van der Waals surface area contributed by atoms with Gasteiger partial charge in [-0.25, -0.2) is 9.83 Å². The summed E-state index contributed by atoms with van der Waals surface area (Å²) in [4.78, 5) is 26.5. The number of likely N-dealkylation sites (tertiary alicyclic amines) is 1. The number of rotatable bonds is 6. The maximum Gasteiger partial charge on any atom is 0.263 e. The minimum Gasteiger partial charge on any atom is -0.480 e. The number of hydrogen-bond acceptors (Lipinski definition) is 6. The molecule has 8 nitrogen and oxygen atoms in total. The van der Waals surface area contributed by atoms with Gasteiger partial charge in [0.15, 0.2) is 23.9 Å². The summed E-state index contributed by atoms with van der Waals surface area (Å²) in [7, 11) is 0. The van der Waals surface area contributed by atoms with Gasteiger partial charge in [-0.3, -0.25) is 9.78 Å². The number of piperidine rings is 1. The van der Waals surface area contributed by atoms with Crippen LogP contribution < -0.4 is 15.4 Å². The molecule has 0 atom stereocenters. The Kier molecular flexibility index (Phi) is 6.15. The van der Waals surface area contributed by atoms with Gasteiger partial charge in [-0.15, -0.1) is 0 Å². The Bertz CT molecular complexity index is 1210. The molecule has 8 heteroatoms. The van der Waals surface area contributed by atoms with E-state index in [1.807, 2.05) is 36.5 Å². The molecule has 33 heavy (non-hydrogen) atoms. The van der Waals surface area contributed by atoms with Crippen LogP contribution in [0.25, 0.3) is 15.7 Å². The van der Waals surface area contributed by atoms with Gasteiger partial charge in [0.25, 0.3) is 5.91 Å². The number of amides is 1. The van der Waals surface area contributed by atoms with Crippen LogP contribution in [0.15, 0.2) is 42.6 Å². The molecule has 1 saturated heterocycles. The maximum absolute atomic E-state index is 11.5. The van der Waals surface area contributed by atoms with Crippen LogP contribution in [0.2, 0.25) is 0 Å².